The summed E-state index contributed by atoms with van der Waals surface area (Å²) in [7, 11) is 1.78. The van der Waals surface area contributed by atoms with Crippen LogP contribution in [0.15, 0.2) is 30.3 Å². The number of amides is 1. The Hall–Kier alpha value is -2.30. The topological polar surface area (TPSA) is 56.1 Å². The van der Waals surface area contributed by atoms with Crippen molar-refractivity contribution < 1.29 is 9.53 Å². The van der Waals surface area contributed by atoms with Crippen molar-refractivity contribution >= 4 is 5.91 Å². The predicted octanol–water partition coefficient (Wildman–Crippen LogP) is 3.62. The van der Waals surface area contributed by atoms with E-state index in [1.807, 2.05) is 31.2 Å². The van der Waals surface area contributed by atoms with Crippen molar-refractivity contribution in [2.24, 2.45) is 13.0 Å². The molecule has 1 aliphatic carbocycles. The van der Waals surface area contributed by atoms with E-state index in [1.165, 1.54) is 25.7 Å². The minimum absolute atomic E-state index is 0.115. The number of aryl methyl sites for hydroxylation is 2. The van der Waals surface area contributed by atoms with Crippen molar-refractivity contribution in [2.45, 2.75) is 45.6 Å². The van der Waals surface area contributed by atoms with Crippen molar-refractivity contribution in [3.05, 3.63) is 47.3 Å². The van der Waals surface area contributed by atoms with Gasteiger partial charge in [-0.3, -0.25) is 9.48 Å². The molecule has 1 N–H and O–H groups in total. The standard InChI is InChI=1S/C20H27N3O2/c1-15-12-19(23(2)22-15)20(24)21-14-17-8-5-9-18(13-17)25-11-10-16-6-3-4-7-16/h5,8-9,12-13,16H,3-4,6-7,10-11,14H2,1-2H3,(H,21,24). The second-order valence-corrected chi connectivity index (χ2v) is 6.91. The number of carbonyl (C=O) groups is 1. The highest BCUT2D eigenvalue weighted by molar-refractivity contribution is 5.92. The summed E-state index contributed by atoms with van der Waals surface area (Å²) in [6.45, 7) is 3.13. The normalized spacial score (nSPS) is 14.6. The zero-order chi connectivity index (χ0) is 17.6. The van der Waals surface area contributed by atoms with Gasteiger partial charge in [-0.25, -0.2) is 0 Å². The van der Waals surface area contributed by atoms with Crippen LogP contribution in [0.5, 0.6) is 5.75 Å². The van der Waals surface area contributed by atoms with Crippen molar-refractivity contribution in [1.29, 1.82) is 0 Å². The molecule has 1 fully saturated rings. The number of benzene rings is 1. The summed E-state index contributed by atoms with van der Waals surface area (Å²) in [6.07, 6.45) is 6.58. The molecule has 1 saturated carbocycles. The average Bonchev–Trinajstić information content (AvgIpc) is 3.22. The van der Waals surface area contributed by atoms with Crippen LogP contribution in [0.1, 0.15) is 53.8 Å². The Morgan fingerprint density at radius 1 is 1.32 bits per heavy atom. The van der Waals surface area contributed by atoms with Gasteiger partial charge in [0.05, 0.1) is 12.3 Å². The summed E-state index contributed by atoms with van der Waals surface area (Å²) < 4.78 is 7.50. The largest absolute Gasteiger partial charge is 0.494 e. The molecule has 0 aliphatic heterocycles. The Balaban J connectivity index is 1.49. The third kappa shape index (κ3) is 4.84. The zero-order valence-corrected chi connectivity index (χ0v) is 15.1. The highest BCUT2D eigenvalue weighted by Crippen LogP contribution is 2.27. The highest BCUT2D eigenvalue weighted by Gasteiger charge is 2.15. The van der Waals surface area contributed by atoms with E-state index in [0.717, 1.165) is 36.0 Å². The molecule has 1 aromatic heterocycles. The van der Waals surface area contributed by atoms with E-state index in [0.29, 0.717) is 12.2 Å². The number of rotatable bonds is 7. The van der Waals surface area contributed by atoms with Gasteiger partial charge in [0.1, 0.15) is 11.4 Å². The molecule has 3 rings (SSSR count). The predicted molar refractivity (Wildman–Crippen MR) is 97.6 cm³/mol. The quantitative estimate of drug-likeness (QED) is 0.837. The molecule has 0 atom stereocenters. The molecule has 1 aliphatic rings. The fourth-order valence-corrected chi connectivity index (χ4v) is 3.48. The van der Waals surface area contributed by atoms with Crippen molar-refractivity contribution in [1.82, 2.24) is 15.1 Å². The Kier molecular flexibility index (Phi) is 5.74. The summed E-state index contributed by atoms with van der Waals surface area (Å²) >= 11 is 0. The number of carbonyl (C=O) groups excluding carboxylic acids is 1. The first-order valence-electron chi connectivity index (χ1n) is 9.12. The Labute approximate surface area is 149 Å². The lowest BCUT2D eigenvalue weighted by Crippen LogP contribution is -2.25. The van der Waals surface area contributed by atoms with Crippen LogP contribution in [0.4, 0.5) is 0 Å². The maximum atomic E-state index is 12.3. The molecule has 5 heteroatoms. The van der Waals surface area contributed by atoms with E-state index in [2.05, 4.69) is 10.4 Å². The van der Waals surface area contributed by atoms with Crippen LogP contribution in [0.25, 0.3) is 0 Å². The van der Waals surface area contributed by atoms with E-state index in [9.17, 15) is 4.79 Å². The van der Waals surface area contributed by atoms with Crippen LogP contribution in [0.2, 0.25) is 0 Å². The maximum absolute atomic E-state index is 12.3. The van der Waals surface area contributed by atoms with Crippen LogP contribution in [0, 0.1) is 12.8 Å². The second kappa shape index (κ2) is 8.19. The molecular formula is C20H27N3O2. The summed E-state index contributed by atoms with van der Waals surface area (Å²) in [5.74, 6) is 1.60. The third-order valence-electron chi connectivity index (χ3n) is 4.86. The highest BCUT2D eigenvalue weighted by atomic mass is 16.5. The molecule has 2 aromatic rings. The summed E-state index contributed by atoms with van der Waals surface area (Å²) in [6, 6.07) is 9.74. The van der Waals surface area contributed by atoms with Gasteiger partial charge in [-0.15, -0.1) is 0 Å². The fraction of sp³-hybridized carbons (Fsp3) is 0.500. The lowest BCUT2D eigenvalue weighted by Gasteiger charge is -2.11. The Morgan fingerprint density at radius 2 is 2.12 bits per heavy atom. The van der Waals surface area contributed by atoms with Crippen molar-refractivity contribution in [2.75, 3.05) is 6.61 Å². The van der Waals surface area contributed by atoms with Gasteiger partial charge in [0, 0.05) is 13.6 Å². The molecule has 25 heavy (non-hydrogen) atoms. The molecule has 1 amide bonds. The molecular weight excluding hydrogens is 314 g/mol. The van der Waals surface area contributed by atoms with Crippen molar-refractivity contribution in [3.63, 3.8) is 0 Å². The van der Waals surface area contributed by atoms with E-state index < -0.39 is 0 Å². The van der Waals surface area contributed by atoms with Crippen LogP contribution in [-0.4, -0.2) is 22.3 Å². The van der Waals surface area contributed by atoms with Gasteiger partial charge < -0.3 is 10.1 Å². The molecule has 0 bridgehead atoms. The number of hydrogen-bond acceptors (Lipinski definition) is 3. The van der Waals surface area contributed by atoms with Crippen molar-refractivity contribution in [3.8, 4) is 5.75 Å². The van der Waals surface area contributed by atoms with Gasteiger partial charge in [-0.05, 0) is 43.0 Å². The second-order valence-electron chi connectivity index (χ2n) is 6.91. The zero-order valence-electron chi connectivity index (χ0n) is 15.1. The van der Waals surface area contributed by atoms with Crippen LogP contribution in [0.3, 0.4) is 0 Å². The lowest BCUT2D eigenvalue weighted by molar-refractivity contribution is 0.0941. The average molecular weight is 341 g/mol. The van der Waals surface area contributed by atoms with E-state index >= 15 is 0 Å². The van der Waals surface area contributed by atoms with E-state index in [1.54, 1.807) is 17.8 Å². The molecule has 0 saturated heterocycles. The minimum atomic E-state index is -0.115. The summed E-state index contributed by atoms with van der Waals surface area (Å²) in [5.41, 5.74) is 2.44. The molecule has 1 heterocycles. The van der Waals surface area contributed by atoms with Gasteiger partial charge in [0.2, 0.25) is 0 Å². The fourth-order valence-electron chi connectivity index (χ4n) is 3.48. The smallest absolute Gasteiger partial charge is 0.269 e. The van der Waals surface area contributed by atoms with Gasteiger partial charge in [0.25, 0.3) is 5.91 Å². The molecule has 1 aromatic carbocycles. The maximum Gasteiger partial charge on any atom is 0.269 e. The van der Waals surface area contributed by atoms with Crippen LogP contribution in [-0.2, 0) is 13.6 Å². The number of nitrogens with zero attached hydrogens (tertiary/aromatic N) is 2. The van der Waals surface area contributed by atoms with Crippen LogP contribution < -0.4 is 10.1 Å². The number of nitrogens with one attached hydrogen (secondary N) is 1. The first-order chi connectivity index (χ1) is 12.1. The lowest BCUT2D eigenvalue weighted by atomic mass is 10.1. The SMILES string of the molecule is Cc1cc(C(=O)NCc2cccc(OCCC3CCCC3)c2)n(C)n1. The first kappa shape index (κ1) is 17.5. The van der Waals surface area contributed by atoms with E-state index in [4.69, 9.17) is 4.74 Å². The number of ether oxygens (including phenoxy) is 1. The molecule has 134 valence electrons. The molecule has 0 unspecified atom stereocenters. The minimum Gasteiger partial charge on any atom is -0.494 e. The number of hydrogen-bond donors (Lipinski definition) is 1. The van der Waals surface area contributed by atoms with Gasteiger partial charge in [-0.1, -0.05) is 37.8 Å². The van der Waals surface area contributed by atoms with Gasteiger partial charge >= 0.3 is 0 Å². The van der Waals surface area contributed by atoms with Crippen LogP contribution >= 0.6 is 0 Å². The first-order valence-corrected chi connectivity index (χ1v) is 9.12. The summed E-state index contributed by atoms with van der Waals surface area (Å²) in [4.78, 5) is 12.3. The number of aromatic nitrogens is 2. The molecule has 0 radical (unpaired) electrons. The summed E-state index contributed by atoms with van der Waals surface area (Å²) in [5, 5.41) is 7.15. The molecule has 0 spiro atoms. The van der Waals surface area contributed by atoms with Gasteiger partial charge in [0.15, 0.2) is 0 Å². The van der Waals surface area contributed by atoms with Gasteiger partial charge in [-0.2, -0.15) is 5.10 Å². The molecule has 5 nitrogen and oxygen atoms in total. The van der Waals surface area contributed by atoms with E-state index in [-0.39, 0.29) is 5.91 Å². The Morgan fingerprint density at radius 3 is 2.84 bits per heavy atom. The Bertz CT molecular complexity index is 717. The third-order valence-corrected chi connectivity index (χ3v) is 4.86. The monoisotopic (exact) mass is 341 g/mol.